The summed E-state index contributed by atoms with van der Waals surface area (Å²) in [7, 11) is 0. The van der Waals surface area contributed by atoms with E-state index in [-0.39, 0.29) is 5.95 Å². The number of aryl methyl sites for hydroxylation is 2. The third-order valence-electron chi connectivity index (χ3n) is 4.95. The molecule has 0 fully saturated rings. The molecule has 0 bridgehead atoms. The molecule has 1 unspecified atom stereocenters. The molecule has 3 aromatic rings. The van der Waals surface area contributed by atoms with E-state index in [1.807, 2.05) is 18.3 Å². The number of nitrogen functional groups attached to an aromatic ring is 2. The highest BCUT2D eigenvalue weighted by Gasteiger charge is 2.27. The number of hydrogen-bond donors (Lipinski definition) is 3. The van der Waals surface area contributed by atoms with E-state index < -0.39 is 5.97 Å². The summed E-state index contributed by atoms with van der Waals surface area (Å²) in [5, 5.41) is 10.0. The Morgan fingerprint density at radius 1 is 1.28 bits per heavy atom. The Kier molecular flexibility index (Phi) is 3.56. The Balaban J connectivity index is 1.56. The van der Waals surface area contributed by atoms with Gasteiger partial charge in [0.2, 0.25) is 5.95 Å². The largest absolute Gasteiger partial charge is 0.478 e. The van der Waals surface area contributed by atoms with Gasteiger partial charge in [-0.3, -0.25) is 0 Å². The van der Waals surface area contributed by atoms with E-state index in [1.54, 1.807) is 12.1 Å². The normalized spacial score (nSPS) is 16.2. The molecule has 2 heterocycles. The predicted octanol–water partition coefficient (Wildman–Crippen LogP) is 2.41. The van der Waals surface area contributed by atoms with Gasteiger partial charge in [-0.2, -0.15) is 4.98 Å². The summed E-state index contributed by atoms with van der Waals surface area (Å²) in [6.07, 6.45) is 4.80. The number of anilines is 2. The number of carboxylic acids is 1. The Morgan fingerprint density at radius 3 is 2.92 bits per heavy atom. The summed E-state index contributed by atoms with van der Waals surface area (Å²) < 4.78 is 2.15. The molecule has 1 aromatic carbocycles. The second-order valence-electron chi connectivity index (χ2n) is 6.44. The zero-order chi connectivity index (χ0) is 17.6. The second-order valence-corrected chi connectivity index (χ2v) is 6.44. The molecular formula is C18H19N5O2. The Hall–Kier alpha value is -3.09. The minimum atomic E-state index is -0.910. The first-order chi connectivity index (χ1) is 12.0. The van der Waals surface area contributed by atoms with Gasteiger partial charge in [-0.25, -0.2) is 9.78 Å². The molecule has 25 heavy (non-hydrogen) atoms. The Morgan fingerprint density at radius 2 is 2.12 bits per heavy atom. The zero-order valence-corrected chi connectivity index (χ0v) is 13.6. The Bertz CT molecular complexity index is 979. The lowest BCUT2D eigenvalue weighted by Crippen LogP contribution is -2.08. The van der Waals surface area contributed by atoms with Crippen LogP contribution in [0, 0.1) is 0 Å². The fraction of sp³-hybridized carbons (Fsp3) is 0.278. The first kappa shape index (κ1) is 15.4. The van der Waals surface area contributed by atoms with Crippen LogP contribution in [0.3, 0.4) is 0 Å². The number of carbonyl (C=O) groups is 1. The maximum absolute atomic E-state index is 11.1. The summed E-state index contributed by atoms with van der Waals surface area (Å²) in [4.78, 5) is 19.5. The summed E-state index contributed by atoms with van der Waals surface area (Å²) in [6, 6.07) is 7.15. The van der Waals surface area contributed by atoms with Crippen molar-refractivity contribution in [2.75, 3.05) is 11.5 Å². The highest BCUT2D eigenvalue weighted by molar-refractivity contribution is 5.93. The Labute approximate surface area is 144 Å². The number of benzene rings is 1. The molecule has 0 saturated carbocycles. The maximum Gasteiger partial charge on any atom is 0.335 e. The molecule has 0 radical (unpaired) electrons. The van der Waals surface area contributed by atoms with Crippen LogP contribution < -0.4 is 11.5 Å². The van der Waals surface area contributed by atoms with Gasteiger partial charge in [-0.15, -0.1) is 0 Å². The molecule has 0 amide bonds. The van der Waals surface area contributed by atoms with Gasteiger partial charge in [0.1, 0.15) is 5.82 Å². The lowest BCUT2D eigenvalue weighted by molar-refractivity contribution is 0.0697. The van der Waals surface area contributed by atoms with Gasteiger partial charge in [0.05, 0.1) is 11.3 Å². The maximum atomic E-state index is 11.1. The van der Waals surface area contributed by atoms with Crippen LogP contribution in [-0.2, 0) is 13.0 Å². The van der Waals surface area contributed by atoms with Gasteiger partial charge >= 0.3 is 5.97 Å². The average Bonchev–Trinajstić information content (AvgIpc) is 3.16. The van der Waals surface area contributed by atoms with Crippen molar-refractivity contribution in [2.45, 2.75) is 31.7 Å². The third-order valence-corrected chi connectivity index (χ3v) is 4.95. The smallest absolute Gasteiger partial charge is 0.335 e. The van der Waals surface area contributed by atoms with Crippen LogP contribution in [0.4, 0.5) is 11.8 Å². The van der Waals surface area contributed by atoms with Crippen molar-refractivity contribution in [1.82, 2.24) is 14.5 Å². The van der Waals surface area contributed by atoms with E-state index in [0.717, 1.165) is 48.0 Å². The standard InChI is InChI=1S/C18H19N5O2/c19-16-15-10(1-3-13(15)21-18(20)22-16)5-7-23-8-6-11-9-12(17(24)25)2-4-14(11)23/h2,4,6,8-10H,1,3,5,7H2,(H,24,25)(H4,19,20,21,22). The minimum Gasteiger partial charge on any atom is -0.478 e. The van der Waals surface area contributed by atoms with Gasteiger partial charge in [0, 0.05) is 29.2 Å². The quantitative estimate of drug-likeness (QED) is 0.672. The number of nitrogens with two attached hydrogens (primary N) is 2. The van der Waals surface area contributed by atoms with Crippen LogP contribution in [0.25, 0.3) is 10.9 Å². The molecule has 128 valence electrons. The van der Waals surface area contributed by atoms with Crippen molar-refractivity contribution in [3.63, 3.8) is 0 Å². The third kappa shape index (κ3) is 2.67. The molecule has 1 atom stereocenters. The van der Waals surface area contributed by atoms with Crippen LogP contribution in [0.2, 0.25) is 0 Å². The number of fused-ring (bicyclic) bond motifs is 2. The van der Waals surface area contributed by atoms with Gasteiger partial charge in [-0.05, 0) is 49.4 Å². The van der Waals surface area contributed by atoms with E-state index >= 15 is 0 Å². The van der Waals surface area contributed by atoms with E-state index in [9.17, 15) is 4.79 Å². The fourth-order valence-electron chi connectivity index (χ4n) is 3.76. The molecule has 7 heteroatoms. The molecule has 0 aliphatic heterocycles. The van der Waals surface area contributed by atoms with Crippen molar-refractivity contribution in [2.24, 2.45) is 0 Å². The topological polar surface area (TPSA) is 120 Å². The number of hydrogen-bond acceptors (Lipinski definition) is 5. The van der Waals surface area contributed by atoms with Crippen LogP contribution in [0.15, 0.2) is 30.5 Å². The van der Waals surface area contributed by atoms with Crippen molar-refractivity contribution in [3.05, 3.63) is 47.3 Å². The summed E-state index contributed by atoms with van der Waals surface area (Å²) >= 11 is 0. The zero-order valence-electron chi connectivity index (χ0n) is 13.6. The van der Waals surface area contributed by atoms with Gasteiger partial charge in [0.25, 0.3) is 0 Å². The molecule has 4 rings (SSSR count). The monoisotopic (exact) mass is 337 g/mol. The van der Waals surface area contributed by atoms with Crippen LogP contribution in [0.5, 0.6) is 0 Å². The average molecular weight is 337 g/mol. The lowest BCUT2D eigenvalue weighted by atomic mass is 9.99. The molecule has 5 N–H and O–H groups in total. The van der Waals surface area contributed by atoms with Gasteiger partial charge in [-0.1, -0.05) is 0 Å². The first-order valence-electron chi connectivity index (χ1n) is 8.27. The SMILES string of the molecule is Nc1nc(N)c2c(n1)CCC2CCn1ccc2cc(C(=O)O)ccc21. The lowest BCUT2D eigenvalue weighted by Gasteiger charge is -2.14. The predicted molar refractivity (Wildman–Crippen MR) is 95.4 cm³/mol. The molecule has 7 nitrogen and oxygen atoms in total. The van der Waals surface area contributed by atoms with Crippen molar-refractivity contribution >= 4 is 28.6 Å². The van der Waals surface area contributed by atoms with E-state index in [4.69, 9.17) is 16.6 Å². The highest BCUT2D eigenvalue weighted by atomic mass is 16.4. The van der Waals surface area contributed by atoms with E-state index in [0.29, 0.717) is 17.3 Å². The second kappa shape index (κ2) is 5.77. The van der Waals surface area contributed by atoms with Crippen molar-refractivity contribution in [1.29, 1.82) is 0 Å². The number of rotatable bonds is 4. The van der Waals surface area contributed by atoms with Crippen molar-refractivity contribution in [3.8, 4) is 0 Å². The van der Waals surface area contributed by atoms with Crippen LogP contribution >= 0.6 is 0 Å². The van der Waals surface area contributed by atoms with Crippen LogP contribution in [0.1, 0.15) is 40.4 Å². The highest BCUT2D eigenvalue weighted by Crippen LogP contribution is 2.38. The van der Waals surface area contributed by atoms with Crippen molar-refractivity contribution < 1.29 is 9.90 Å². The number of aromatic nitrogens is 3. The van der Waals surface area contributed by atoms with E-state index in [1.165, 1.54) is 0 Å². The van der Waals surface area contributed by atoms with Gasteiger partial charge in [0.15, 0.2) is 0 Å². The molecule has 1 aliphatic rings. The number of aromatic carboxylic acids is 1. The minimum absolute atomic E-state index is 0.238. The van der Waals surface area contributed by atoms with Gasteiger partial charge < -0.3 is 21.1 Å². The summed E-state index contributed by atoms with van der Waals surface area (Å²) in [5.41, 5.74) is 15.1. The molecule has 0 saturated heterocycles. The molecule has 0 spiro atoms. The summed E-state index contributed by atoms with van der Waals surface area (Å²) in [5.74, 6) is 0.148. The molecular weight excluding hydrogens is 318 g/mol. The number of carboxylic acid groups (broad SMARTS) is 1. The summed E-state index contributed by atoms with van der Waals surface area (Å²) in [6.45, 7) is 0.823. The fourth-order valence-corrected chi connectivity index (χ4v) is 3.76. The number of nitrogens with zero attached hydrogens (tertiary/aromatic N) is 3. The molecule has 1 aliphatic carbocycles. The van der Waals surface area contributed by atoms with Crippen LogP contribution in [-0.4, -0.2) is 25.6 Å². The first-order valence-corrected chi connectivity index (χ1v) is 8.27. The molecule has 2 aromatic heterocycles. The van der Waals surface area contributed by atoms with E-state index in [2.05, 4.69) is 14.5 Å².